The van der Waals surface area contributed by atoms with Gasteiger partial charge in [0.25, 0.3) is 0 Å². The van der Waals surface area contributed by atoms with Crippen molar-refractivity contribution in [1.82, 2.24) is 4.90 Å². The van der Waals surface area contributed by atoms with E-state index in [9.17, 15) is 4.79 Å². The topological polar surface area (TPSA) is 58.4 Å². The minimum Gasteiger partial charge on any atom is -0.399 e. The molecule has 19 heavy (non-hydrogen) atoms. The van der Waals surface area contributed by atoms with Crippen LogP contribution in [0.1, 0.15) is 32.8 Å². The first-order valence-corrected chi connectivity index (χ1v) is 6.75. The molecule has 1 rings (SSSR count). The number of nitrogens with one attached hydrogen (secondary N) is 1. The largest absolute Gasteiger partial charge is 0.399 e. The van der Waals surface area contributed by atoms with Crippen LogP contribution >= 0.6 is 0 Å². The molecule has 4 heteroatoms. The minimum atomic E-state index is -0.171. The molecule has 0 fully saturated rings. The average molecular weight is 263 g/mol. The van der Waals surface area contributed by atoms with E-state index in [1.807, 2.05) is 33.0 Å². The quantitative estimate of drug-likeness (QED) is 0.803. The molecule has 3 N–H and O–H groups in total. The molecule has 0 aromatic heterocycles. The summed E-state index contributed by atoms with van der Waals surface area (Å²) < 4.78 is 0. The van der Waals surface area contributed by atoms with E-state index in [1.165, 1.54) is 0 Å². The normalized spacial score (nSPS) is 14.2. The van der Waals surface area contributed by atoms with Crippen LogP contribution < -0.4 is 11.1 Å². The Hall–Kier alpha value is -1.55. The maximum Gasteiger partial charge on any atom is 0.241 e. The Labute approximate surface area is 116 Å². The minimum absolute atomic E-state index is 0.00324. The molecule has 2 atom stereocenters. The summed E-state index contributed by atoms with van der Waals surface area (Å²) in [5.41, 5.74) is 8.20. The van der Waals surface area contributed by atoms with Crippen molar-refractivity contribution in [2.24, 2.45) is 0 Å². The molecule has 1 amide bonds. The van der Waals surface area contributed by atoms with Crippen LogP contribution in [0.2, 0.25) is 0 Å². The third kappa shape index (κ3) is 3.96. The highest BCUT2D eigenvalue weighted by Gasteiger charge is 2.21. The van der Waals surface area contributed by atoms with E-state index in [0.29, 0.717) is 11.7 Å². The number of nitrogens with zero attached hydrogens (tertiary/aromatic N) is 1. The monoisotopic (exact) mass is 263 g/mol. The molecule has 4 nitrogen and oxygen atoms in total. The van der Waals surface area contributed by atoms with E-state index >= 15 is 0 Å². The second kappa shape index (κ2) is 6.57. The molecular formula is C15H25N3O. The summed E-state index contributed by atoms with van der Waals surface area (Å²) in [5.74, 6) is -0.00324. The number of nitrogen functional groups attached to an aromatic ring is 1. The average Bonchev–Trinajstić information content (AvgIpc) is 2.40. The number of benzene rings is 1. The predicted octanol–water partition coefficient (Wildman–Crippen LogP) is 2.63. The van der Waals surface area contributed by atoms with Crippen LogP contribution in [-0.4, -0.2) is 29.9 Å². The molecule has 0 spiro atoms. The zero-order valence-electron chi connectivity index (χ0n) is 12.5. The van der Waals surface area contributed by atoms with Gasteiger partial charge in [-0.1, -0.05) is 13.0 Å². The number of hydrogen-bond donors (Lipinski definition) is 2. The van der Waals surface area contributed by atoms with Crippen LogP contribution in [-0.2, 0) is 4.79 Å². The van der Waals surface area contributed by atoms with Crippen LogP contribution in [0.4, 0.5) is 11.4 Å². The summed E-state index contributed by atoms with van der Waals surface area (Å²) in [4.78, 5) is 14.3. The molecule has 0 saturated carbocycles. The summed E-state index contributed by atoms with van der Waals surface area (Å²) in [6.07, 6.45) is 1.02. The van der Waals surface area contributed by atoms with Crippen LogP contribution in [0.5, 0.6) is 0 Å². The number of aryl methyl sites for hydroxylation is 1. The molecule has 0 radical (unpaired) electrons. The summed E-state index contributed by atoms with van der Waals surface area (Å²) in [5, 5.41) is 2.95. The van der Waals surface area contributed by atoms with Crippen molar-refractivity contribution in [3.8, 4) is 0 Å². The number of carbonyl (C=O) groups is 1. The fourth-order valence-corrected chi connectivity index (χ4v) is 1.87. The van der Waals surface area contributed by atoms with Crippen molar-refractivity contribution in [2.45, 2.75) is 46.2 Å². The predicted molar refractivity (Wildman–Crippen MR) is 81.2 cm³/mol. The Morgan fingerprint density at radius 1 is 1.42 bits per heavy atom. The van der Waals surface area contributed by atoms with Gasteiger partial charge < -0.3 is 11.1 Å². The van der Waals surface area contributed by atoms with Gasteiger partial charge in [-0.05, 0) is 51.9 Å². The van der Waals surface area contributed by atoms with Crippen LogP contribution in [0, 0.1) is 6.92 Å². The Morgan fingerprint density at radius 3 is 2.63 bits per heavy atom. The molecule has 0 aliphatic heterocycles. The summed E-state index contributed by atoms with van der Waals surface area (Å²) in [6.45, 7) is 8.12. The second-order valence-corrected chi connectivity index (χ2v) is 5.16. The standard InChI is InChI=1S/C15H25N3O/c1-6-11(3)18(5)12(4)15(19)17-14-9-13(16)8-7-10(14)2/h7-9,11-12H,6,16H2,1-5H3,(H,17,19). The van der Waals surface area contributed by atoms with Gasteiger partial charge in [0.1, 0.15) is 0 Å². The lowest BCUT2D eigenvalue weighted by molar-refractivity contribution is -0.121. The van der Waals surface area contributed by atoms with E-state index in [1.54, 1.807) is 6.07 Å². The zero-order valence-corrected chi connectivity index (χ0v) is 12.5. The maximum atomic E-state index is 12.2. The summed E-state index contributed by atoms with van der Waals surface area (Å²) in [6, 6.07) is 5.75. The molecule has 0 saturated heterocycles. The molecule has 2 unspecified atom stereocenters. The Morgan fingerprint density at radius 2 is 2.05 bits per heavy atom. The number of rotatable bonds is 5. The van der Waals surface area contributed by atoms with Crippen molar-refractivity contribution in [2.75, 3.05) is 18.1 Å². The lowest BCUT2D eigenvalue weighted by atomic mass is 10.1. The molecule has 106 valence electrons. The fourth-order valence-electron chi connectivity index (χ4n) is 1.87. The van der Waals surface area contributed by atoms with E-state index in [2.05, 4.69) is 24.1 Å². The number of hydrogen-bond acceptors (Lipinski definition) is 3. The highest BCUT2D eigenvalue weighted by molar-refractivity contribution is 5.95. The highest BCUT2D eigenvalue weighted by atomic mass is 16.2. The molecule has 0 heterocycles. The van der Waals surface area contributed by atoms with E-state index in [0.717, 1.165) is 17.7 Å². The van der Waals surface area contributed by atoms with Gasteiger partial charge in [0.2, 0.25) is 5.91 Å². The third-order valence-electron chi connectivity index (χ3n) is 3.80. The van der Waals surface area contributed by atoms with Crippen molar-refractivity contribution < 1.29 is 4.79 Å². The number of carbonyl (C=O) groups excluding carboxylic acids is 1. The molecule has 0 aliphatic rings. The smallest absolute Gasteiger partial charge is 0.241 e. The number of nitrogens with two attached hydrogens (primary N) is 1. The first kappa shape index (κ1) is 15.5. The molecular weight excluding hydrogens is 238 g/mol. The summed E-state index contributed by atoms with van der Waals surface area (Å²) in [7, 11) is 1.98. The third-order valence-corrected chi connectivity index (χ3v) is 3.80. The highest BCUT2D eigenvalue weighted by Crippen LogP contribution is 2.19. The van der Waals surface area contributed by atoms with Crippen molar-refractivity contribution in [3.63, 3.8) is 0 Å². The Bertz CT molecular complexity index is 445. The van der Waals surface area contributed by atoms with Gasteiger partial charge >= 0.3 is 0 Å². The maximum absolute atomic E-state index is 12.2. The van der Waals surface area contributed by atoms with Gasteiger partial charge in [0, 0.05) is 17.4 Å². The van der Waals surface area contributed by atoms with Crippen LogP contribution in [0.3, 0.4) is 0 Å². The fraction of sp³-hybridized carbons (Fsp3) is 0.533. The van der Waals surface area contributed by atoms with E-state index < -0.39 is 0 Å². The zero-order chi connectivity index (χ0) is 14.6. The first-order chi connectivity index (χ1) is 8.86. The molecule has 1 aromatic carbocycles. The lowest BCUT2D eigenvalue weighted by Crippen LogP contribution is -2.44. The van der Waals surface area contributed by atoms with E-state index in [4.69, 9.17) is 5.73 Å². The van der Waals surface area contributed by atoms with Gasteiger partial charge in [-0.3, -0.25) is 9.69 Å². The van der Waals surface area contributed by atoms with Gasteiger partial charge in [0.15, 0.2) is 0 Å². The molecule has 0 bridgehead atoms. The lowest BCUT2D eigenvalue weighted by Gasteiger charge is -2.29. The Balaban J connectivity index is 2.76. The number of amides is 1. The molecule has 1 aromatic rings. The van der Waals surface area contributed by atoms with Crippen LogP contribution in [0.25, 0.3) is 0 Å². The summed E-state index contributed by atoms with van der Waals surface area (Å²) >= 11 is 0. The van der Waals surface area contributed by atoms with Gasteiger partial charge in [0.05, 0.1) is 6.04 Å². The molecule has 0 aliphatic carbocycles. The first-order valence-electron chi connectivity index (χ1n) is 6.75. The van der Waals surface area contributed by atoms with Crippen LogP contribution in [0.15, 0.2) is 18.2 Å². The van der Waals surface area contributed by atoms with E-state index in [-0.39, 0.29) is 11.9 Å². The number of likely N-dealkylation sites (N-methyl/N-ethyl adjacent to an activating group) is 1. The van der Waals surface area contributed by atoms with Gasteiger partial charge in [-0.15, -0.1) is 0 Å². The number of anilines is 2. The van der Waals surface area contributed by atoms with Crippen molar-refractivity contribution >= 4 is 17.3 Å². The van der Waals surface area contributed by atoms with Crippen molar-refractivity contribution in [1.29, 1.82) is 0 Å². The Kier molecular flexibility index (Phi) is 5.36. The second-order valence-electron chi connectivity index (χ2n) is 5.16. The SMILES string of the molecule is CCC(C)N(C)C(C)C(=O)Nc1cc(N)ccc1C. The van der Waals surface area contributed by atoms with Gasteiger partial charge in [-0.25, -0.2) is 0 Å². The van der Waals surface area contributed by atoms with Crippen molar-refractivity contribution in [3.05, 3.63) is 23.8 Å². The van der Waals surface area contributed by atoms with Gasteiger partial charge in [-0.2, -0.15) is 0 Å².